The van der Waals surface area contributed by atoms with E-state index in [0.717, 1.165) is 16.7 Å². The van der Waals surface area contributed by atoms with Gasteiger partial charge >= 0.3 is 0 Å². The Hall–Kier alpha value is -1.96. The van der Waals surface area contributed by atoms with Gasteiger partial charge in [0.05, 0.1) is 6.61 Å². The highest BCUT2D eigenvalue weighted by molar-refractivity contribution is 5.39. The van der Waals surface area contributed by atoms with E-state index in [0.29, 0.717) is 12.0 Å². The summed E-state index contributed by atoms with van der Waals surface area (Å²) in [5, 5.41) is 49.7. The molecular weight excluding hydrogens is 348 g/mol. The number of phenols is 1. The van der Waals surface area contributed by atoms with Gasteiger partial charge in [0.25, 0.3) is 0 Å². The molecule has 146 valence electrons. The summed E-state index contributed by atoms with van der Waals surface area (Å²) in [7, 11) is 0. The molecule has 5 atom stereocenters. The summed E-state index contributed by atoms with van der Waals surface area (Å²) in [4.78, 5) is 0. The minimum Gasteiger partial charge on any atom is -0.508 e. The highest BCUT2D eigenvalue weighted by atomic mass is 16.6. The van der Waals surface area contributed by atoms with Crippen molar-refractivity contribution in [2.24, 2.45) is 0 Å². The predicted octanol–water partition coefficient (Wildman–Crippen LogP) is 0.980. The van der Waals surface area contributed by atoms with Gasteiger partial charge < -0.3 is 30.3 Å². The zero-order chi connectivity index (χ0) is 19.8. The molecule has 2 aromatic carbocycles. The third-order valence-corrected chi connectivity index (χ3v) is 5.45. The fourth-order valence-electron chi connectivity index (χ4n) is 3.57. The number of phenolic OH excluding ortho intramolecular Hbond substituents is 1. The molecule has 1 aliphatic rings. The molecule has 1 aliphatic heterocycles. The first-order valence-corrected chi connectivity index (χ1v) is 8.97. The Labute approximate surface area is 158 Å². The number of aryl methyl sites for hydroxylation is 1. The molecule has 1 fully saturated rings. The molecule has 3 rings (SSSR count). The Morgan fingerprint density at radius 2 is 1.67 bits per heavy atom. The van der Waals surface area contributed by atoms with Crippen molar-refractivity contribution in [2.75, 3.05) is 6.61 Å². The van der Waals surface area contributed by atoms with Crippen LogP contribution in [-0.2, 0) is 16.8 Å². The van der Waals surface area contributed by atoms with E-state index < -0.39 is 36.6 Å². The Bertz CT molecular complexity index is 788. The molecule has 5 N–H and O–H groups in total. The molecule has 27 heavy (non-hydrogen) atoms. The molecular formula is C21H26O6. The van der Waals surface area contributed by atoms with E-state index in [4.69, 9.17) is 4.74 Å². The monoisotopic (exact) mass is 374 g/mol. The lowest BCUT2D eigenvalue weighted by Crippen LogP contribution is -2.62. The van der Waals surface area contributed by atoms with Crippen molar-refractivity contribution in [3.63, 3.8) is 0 Å². The zero-order valence-corrected chi connectivity index (χ0v) is 15.4. The van der Waals surface area contributed by atoms with E-state index in [9.17, 15) is 25.5 Å². The maximum absolute atomic E-state index is 10.6. The van der Waals surface area contributed by atoms with E-state index in [1.165, 1.54) is 0 Å². The Kier molecular flexibility index (Phi) is 5.55. The molecule has 1 saturated heterocycles. The van der Waals surface area contributed by atoms with Crippen molar-refractivity contribution in [1.82, 2.24) is 0 Å². The lowest BCUT2D eigenvalue weighted by atomic mass is 9.80. The first-order valence-electron chi connectivity index (χ1n) is 8.97. The van der Waals surface area contributed by atoms with Crippen molar-refractivity contribution < 1.29 is 30.3 Å². The molecule has 0 saturated carbocycles. The molecule has 0 aromatic heterocycles. The van der Waals surface area contributed by atoms with Gasteiger partial charge in [-0.15, -0.1) is 0 Å². The molecule has 5 unspecified atom stereocenters. The van der Waals surface area contributed by atoms with Crippen molar-refractivity contribution in [3.05, 3.63) is 64.7 Å². The van der Waals surface area contributed by atoms with Gasteiger partial charge in [-0.3, -0.25) is 0 Å². The summed E-state index contributed by atoms with van der Waals surface area (Å²) in [5.74, 6) is 0.207. The van der Waals surface area contributed by atoms with Crippen LogP contribution in [-0.4, -0.2) is 56.6 Å². The molecule has 0 radical (unpaired) electrons. The maximum Gasteiger partial charge on any atom is 0.119 e. The van der Waals surface area contributed by atoms with Crippen molar-refractivity contribution in [3.8, 4) is 5.75 Å². The van der Waals surface area contributed by atoms with Crippen LogP contribution < -0.4 is 0 Å². The average molecular weight is 374 g/mol. The molecule has 6 nitrogen and oxygen atoms in total. The summed E-state index contributed by atoms with van der Waals surface area (Å²) in [6.07, 6.45) is -4.50. The first kappa shape index (κ1) is 19.8. The topological polar surface area (TPSA) is 110 Å². The van der Waals surface area contributed by atoms with Crippen molar-refractivity contribution >= 4 is 0 Å². The minimum atomic E-state index is -1.43. The number of aliphatic hydroxyl groups is 4. The van der Waals surface area contributed by atoms with E-state index in [1.807, 2.05) is 37.3 Å². The standard InChI is InChI=1S/C21H26O6/c1-12-3-6-15(10-14(12)9-13-4-7-16(23)8-5-13)21(2)20(26)19(25)18(24)17(11-22)27-21/h3-8,10,17-20,22-26H,9,11H2,1-2H3. The van der Waals surface area contributed by atoms with Gasteiger partial charge in [-0.2, -0.15) is 0 Å². The van der Waals surface area contributed by atoms with Crippen LogP contribution in [0.15, 0.2) is 42.5 Å². The van der Waals surface area contributed by atoms with Gasteiger partial charge in [0, 0.05) is 0 Å². The molecule has 0 bridgehead atoms. The molecule has 1 heterocycles. The molecule has 0 amide bonds. The van der Waals surface area contributed by atoms with E-state index in [1.54, 1.807) is 19.1 Å². The first-order chi connectivity index (χ1) is 12.8. The van der Waals surface area contributed by atoms with Crippen LogP contribution in [0, 0.1) is 6.92 Å². The highest BCUT2D eigenvalue weighted by Crippen LogP contribution is 2.39. The van der Waals surface area contributed by atoms with E-state index in [-0.39, 0.29) is 5.75 Å². The van der Waals surface area contributed by atoms with Crippen LogP contribution in [0.1, 0.15) is 29.2 Å². The van der Waals surface area contributed by atoms with Crippen LogP contribution >= 0.6 is 0 Å². The van der Waals surface area contributed by atoms with E-state index in [2.05, 4.69) is 0 Å². The maximum atomic E-state index is 10.6. The number of aromatic hydroxyl groups is 1. The van der Waals surface area contributed by atoms with E-state index >= 15 is 0 Å². The number of ether oxygens (including phenoxy) is 1. The highest BCUT2D eigenvalue weighted by Gasteiger charge is 2.51. The molecule has 6 heteroatoms. The number of hydrogen-bond acceptors (Lipinski definition) is 6. The Balaban J connectivity index is 1.95. The van der Waals surface area contributed by atoms with Gasteiger partial charge in [0.1, 0.15) is 35.8 Å². The summed E-state index contributed by atoms with van der Waals surface area (Å²) in [6, 6.07) is 12.6. The third-order valence-electron chi connectivity index (χ3n) is 5.45. The van der Waals surface area contributed by atoms with Crippen LogP contribution in [0.2, 0.25) is 0 Å². The fourth-order valence-corrected chi connectivity index (χ4v) is 3.57. The number of rotatable bonds is 4. The van der Waals surface area contributed by atoms with Gasteiger partial charge in [-0.1, -0.05) is 30.3 Å². The SMILES string of the molecule is Cc1ccc(C2(C)OC(CO)C(O)C(O)C2O)cc1Cc1ccc(O)cc1. The smallest absolute Gasteiger partial charge is 0.119 e. The zero-order valence-electron chi connectivity index (χ0n) is 15.4. The quantitative estimate of drug-likeness (QED) is 0.546. The lowest BCUT2D eigenvalue weighted by molar-refractivity contribution is -0.273. The van der Waals surface area contributed by atoms with Crippen LogP contribution in [0.5, 0.6) is 5.75 Å². The number of aliphatic hydroxyl groups excluding tert-OH is 4. The van der Waals surface area contributed by atoms with Crippen LogP contribution in [0.25, 0.3) is 0 Å². The Morgan fingerprint density at radius 1 is 1.00 bits per heavy atom. The molecule has 0 spiro atoms. The van der Waals surface area contributed by atoms with Crippen LogP contribution in [0.3, 0.4) is 0 Å². The second-order valence-electron chi connectivity index (χ2n) is 7.36. The van der Waals surface area contributed by atoms with Crippen molar-refractivity contribution in [2.45, 2.75) is 50.3 Å². The minimum absolute atomic E-state index is 0.207. The molecule has 0 aliphatic carbocycles. The summed E-state index contributed by atoms with van der Waals surface area (Å²) in [5.41, 5.74) is 2.46. The lowest BCUT2D eigenvalue weighted by Gasteiger charge is -2.47. The molecule has 2 aromatic rings. The van der Waals surface area contributed by atoms with Crippen LogP contribution in [0.4, 0.5) is 0 Å². The Morgan fingerprint density at radius 3 is 2.30 bits per heavy atom. The third kappa shape index (κ3) is 3.72. The normalized spacial score (nSPS) is 31.0. The van der Waals surface area contributed by atoms with Crippen molar-refractivity contribution in [1.29, 1.82) is 0 Å². The van der Waals surface area contributed by atoms with Gasteiger partial charge in [-0.05, 0) is 54.7 Å². The second kappa shape index (κ2) is 7.58. The van der Waals surface area contributed by atoms with Gasteiger partial charge in [0.2, 0.25) is 0 Å². The van der Waals surface area contributed by atoms with Gasteiger partial charge in [-0.25, -0.2) is 0 Å². The average Bonchev–Trinajstić information content (AvgIpc) is 2.66. The number of benzene rings is 2. The van der Waals surface area contributed by atoms with Gasteiger partial charge in [0.15, 0.2) is 0 Å². The fraction of sp³-hybridized carbons (Fsp3) is 0.429. The summed E-state index contributed by atoms with van der Waals surface area (Å²) in [6.45, 7) is 3.16. The predicted molar refractivity (Wildman–Crippen MR) is 99.4 cm³/mol. The number of hydrogen-bond donors (Lipinski definition) is 5. The summed E-state index contributed by atoms with van der Waals surface area (Å²) >= 11 is 0. The second-order valence-corrected chi connectivity index (χ2v) is 7.36. The summed E-state index contributed by atoms with van der Waals surface area (Å²) < 4.78 is 5.82. The largest absolute Gasteiger partial charge is 0.508 e.